The normalized spacial score (nSPS) is 24.6. The van der Waals surface area contributed by atoms with E-state index >= 15 is 0 Å². The maximum Gasteiger partial charge on any atom is 0.244 e. The standard InChI is InChI=1S/C12H20N2O4S/c1-9-11(6-10(7-13)18-9)19(15,16)14-12(2)4-3-5-17-8-12/h6,14H,3-5,7-8,13H2,1-2H3. The van der Waals surface area contributed by atoms with Gasteiger partial charge in [0, 0.05) is 12.7 Å². The Kier molecular flexibility index (Phi) is 4.00. The van der Waals surface area contributed by atoms with Crippen molar-refractivity contribution in [3.05, 3.63) is 17.6 Å². The summed E-state index contributed by atoms with van der Waals surface area (Å²) in [5, 5.41) is 0. The molecule has 1 aromatic heterocycles. The van der Waals surface area contributed by atoms with Crippen LogP contribution in [0.1, 0.15) is 31.3 Å². The third-order valence-electron chi connectivity index (χ3n) is 3.23. The molecule has 1 unspecified atom stereocenters. The molecule has 2 rings (SSSR count). The first-order valence-corrected chi connectivity index (χ1v) is 7.76. The first-order valence-electron chi connectivity index (χ1n) is 6.27. The number of aryl methyl sites for hydroxylation is 1. The second kappa shape index (κ2) is 5.24. The number of hydrogen-bond donors (Lipinski definition) is 2. The Labute approximate surface area is 113 Å². The summed E-state index contributed by atoms with van der Waals surface area (Å²) in [6.45, 7) is 4.71. The highest BCUT2D eigenvalue weighted by molar-refractivity contribution is 7.89. The van der Waals surface area contributed by atoms with Gasteiger partial charge in [0.25, 0.3) is 0 Å². The lowest BCUT2D eigenvalue weighted by atomic mass is 9.97. The van der Waals surface area contributed by atoms with Crippen LogP contribution >= 0.6 is 0 Å². The quantitative estimate of drug-likeness (QED) is 0.858. The first-order chi connectivity index (χ1) is 8.86. The molecule has 1 aliphatic rings. The van der Waals surface area contributed by atoms with Gasteiger partial charge in [-0.2, -0.15) is 0 Å². The molecule has 108 valence electrons. The minimum absolute atomic E-state index is 0.153. The fourth-order valence-electron chi connectivity index (χ4n) is 2.29. The van der Waals surface area contributed by atoms with E-state index in [1.54, 1.807) is 6.92 Å². The second-order valence-corrected chi connectivity index (χ2v) is 6.81. The van der Waals surface area contributed by atoms with Gasteiger partial charge in [0.05, 0.1) is 18.7 Å². The van der Waals surface area contributed by atoms with E-state index in [1.165, 1.54) is 6.07 Å². The molecule has 19 heavy (non-hydrogen) atoms. The van der Waals surface area contributed by atoms with E-state index < -0.39 is 15.6 Å². The molecular weight excluding hydrogens is 268 g/mol. The number of sulfonamides is 1. The zero-order valence-electron chi connectivity index (χ0n) is 11.2. The zero-order valence-corrected chi connectivity index (χ0v) is 12.0. The molecule has 0 aromatic carbocycles. The van der Waals surface area contributed by atoms with Gasteiger partial charge in [-0.25, -0.2) is 13.1 Å². The summed E-state index contributed by atoms with van der Waals surface area (Å²) in [6, 6.07) is 1.48. The van der Waals surface area contributed by atoms with Crippen molar-refractivity contribution >= 4 is 10.0 Å². The summed E-state index contributed by atoms with van der Waals surface area (Å²) >= 11 is 0. The maximum absolute atomic E-state index is 12.4. The third kappa shape index (κ3) is 3.17. The van der Waals surface area contributed by atoms with Gasteiger partial charge in [-0.05, 0) is 26.7 Å². The summed E-state index contributed by atoms with van der Waals surface area (Å²) in [5.74, 6) is 0.816. The van der Waals surface area contributed by atoms with Crippen molar-refractivity contribution in [2.24, 2.45) is 5.73 Å². The Morgan fingerprint density at radius 2 is 2.26 bits per heavy atom. The van der Waals surface area contributed by atoms with E-state index in [0.717, 1.165) is 12.8 Å². The summed E-state index contributed by atoms with van der Waals surface area (Å²) in [6.07, 6.45) is 1.60. The maximum atomic E-state index is 12.4. The van der Waals surface area contributed by atoms with Crippen molar-refractivity contribution < 1.29 is 17.6 Å². The fraction of sp³-hybridized carbons (Fsp3) is 0.667. The molecule has 6 nitrogen and oxygen atoms in total. The molecule has 7 heteroatoms. The molecule has 1 aliphatic heterocycles. The molecule has 0 radical (unpaired) electrons. The number of hydrogen-bond acceptors (Lipinski definition) is 5. The van der Waals surface area contributed by atoms with Crippen LogP contribution in [0.5, 0.6) is 0 Å². The number of nitrogens with one attached hydrogen (secondary N) is 1. The Hall–Kier alpha value is -0.890. The Bertz CT molecular complexity index is 544. The number of furan rings is 1. The van der Waals surface area contributed by atoms with E-state index in [-0.39, 0.29) is 11.4 Å². The van der Waals surface area contributed by atoms with Gasteiger partial charge in [0.2, 0.25) is 10.0 Å². The SMILES string of the molecule is Cc1oc(CN)cc1S(=O)(=O)NC1(C)CCCOC1. The largest absolute Gasteiger partial charge is 0.464 e. The Morgan fingerprint density at radius 1 is 1.53 bits per heavy atom. The molecule has 0 amide bonds. The van der Waals surface area contributed by atoms with E-state index in [9.17, 15) is 8.42 Å². The monoisotopic (exact) mass is 288 g/mol. The molecule has 0 bridgehead atoms. The van der Waals surface area contributed by atoms with Crippen LogP contribution in [0.25, 0.3) is 0 Å². The van der Waals surface area contributed by atoms with Crippen LogP contribution < -0.4 is 10.5 Å². The number of rotatable bonds is 4. The highest BCUT2D eigenvalue weighted by Crippen LogP contribution is 2.25. The average molecular weight is 288 g/mol. The lowest BCUT2D eigenvalue weighted by Crippen LogP contribution is -2.51. The van der Waals surface area contributed by atoms with Crippen molar-refractivity contribution in [3.8, 4) is 0 Å². The molecule has 0 saturated carbocycles. The van der Waals surface area contributed by atoms with E-state index in [4.69, 9.17) is 14.9 Å². The summed E-state index contributed by atoms with van der Waals surface area (Å²) in [5.41, 5.74) is 4.89. The van der Waals surface area contributed by atoms with Gasteiger partial charge in [0.15, 0.2) is 0 Å². The van der Waals surface area contributed by atoms with E-state index in [1.807, 2.05) is 6.92 Å². The van der Waals surface area contributed by atoms with Gasteiger partial charge in [-0.3, -0.25) is 0 Å². The van der Waals surface area contributed by atoms with Crippen LogP contribution in [-0.2, 0) is 21.3 Å². The van der Waals surface area contributed by atoms with Gasteiger partial charge in [0.1, 0.15) is 16.4 Å². The van der Waals surface area contributed by atoms with E-state index in [0.29, 0.717) is 24.7 Å². The molecule has 1 saturated heterocycles. The summed E-state index contributed by atoms with van der Waals surface area (Å²) in [7, 11) is -3.62. The molecule has 0 spiro atoms. The lowest BCUT2D eigenvalue weighted by Gasteiger charge is -2.33. The summed E-state index contributed by atoms with van der Waals surface area (Å²) in [4.78, 5) is 0.153. The Balaban J connectivity index is 2.24. The van der Waals surface area contributed by atoms with Gasteiger partial charge in [-0.1, -0.05) is 0 Å². The second-order valence-electron chi connectivity index (χ2n) is 5.16. The zero-order chi connectivity index (χ0) is 14.1. The predicted octanol–water partition coefficient (Wildman–Crippen LogP) is 0.894. The number of nitrogens with two attached hydrogens (primary N) is 1. The molecule has 1 fully saturated rings. The number of ether oxygens (including phenoxy) is 1. The van der Waals surface area contributed by atoms with Crippen LogP contribution in [0.2, 0.25) is 0 Å². The van der Waals surface area contributed by atoms with Crippen molar-refractivity contribution in [2.45, 2.75) is 43.7 Å². The van der Waals surface area contributed by atoms with E-state index in [2.05, 4.69) is 4.72 Å². The molecule has 1 atom stereocenters. The average Bonchev–Trinajstić information content (AvgIpc) is 2.71. The smallest absolute Gasteiger partial charge is 0.244 e. The van der Waals surface area contributed by atoms with Gasteiger partial charge < -0.3 is 14.9 Å². The van der Waals surface area contributed by atoms with Crippen LogP contribution in [0.4, 0.5) is 0 Å². The van der Waals surface area contributed by atoms with Crippen LogP contribution in [0, 0.1) is 6.92 Å². The van der Waals surface area contributed by atoms with Crippen molar-refractivity contribution in [3.63, 3.8) is 0 Å². The molecular formula is C12H20N2O4S. The predicted molar refractivity (Wildman–Crippen MR) is 70.1 cm³/mol. The van der Waals surface area contributed by atoms with Crippen molar-refractivity contribution in [1.82, 2.24) is 4.72 Å². The van der Waals surface area contributed by atoms with Gasteiger partial charge >= 0.3 is 0 Å². The molecule has 0 aliphatic carbocycles. The molecule has 1 aromatic rings. The summed E-state index contributed by atoms with van der Waals surface area (Å²) < 4.78 is 38.1. The minimum Gasteiger partial charge on any atom is -0.464 e. The first kappa shape index (κ1) is 14.5. The fourth-order valence-corrected chi connectivity index (χ4v) is 3.91. The van der Waals surface area contributed by atoms with Crippen LogP contribution in [0.3, 0.4) is 0 Å². The topological polar surface area (TPSA) is 94.6 Å². The molecule has 3 N–H and O–H groups in total. The Morgan fingerprint density at radius 3 is 2.79 bits per heavy atom. The van der Waals surface area contributed by atoms with Crippen LogP contribution in [0.15, 0.2) is 15.4 Å². The van der Waals surface area contributed by atoms with Gasteiger partial charge in [-0.15, -0.1) is 0 Å². The van der Waals surface area contributed by atoms with Crippen LogP contribution in [-0.4, -0.2) is 27.2 Å². The van der Waals surface area contributed by atoms with Crippen molar-refractivity contribution in [1.29, 1.82) is 0 Å². The lowest BCUT2D eigenvalue weighted by molar-refractivity contribution is 0.0386. The highest BCUT2D eigenvalue weighted by atomic mass is 32.2. The highest BCUT2D eigenvalue weighted by Gasteiger charge is 2.34. The minimum atomic E-state index is -3.62. The third-order valence-corrected chi connectivity index (χ3v) is 4.98. The van der Waals surface area contributed by atoms with Crippen molar-refractivity contribution in [2.75, 3.05) is 13.2 Å². The molecule has 2 heterocycles.